The molecule has 0 radical (unpaired) electrons. The number of amides is 2. The predicted molar refractivity (Wildman–Crippen MR) is 101 cm³/mol. The molecule has 29 heavy (non-hydrogen) atoms. The molecule has 2 amide bonds. The van der Waals surface area contributed by atoms with Gasteiger partial charge >= 0.3 is 5.88 Å². The molecule has 2 N–H and O–H groups in total. The summed E-state index contributed by atoms with van der Waals surface area (Å²) < 4.78 is 11.6. The maximum atomic E-state index is 12.4. The van der Waals surface area contributed by atoms with Gasteiger partial charge < -0.3 is 19.5 Å². The molecule has 11 heteroatoms. The number of aryl methyl sites for hydroxylation is 1. The quantitative estimate of drug-likeness (QED) is 0.336. The third kappa shape index (κ3) is 4.97. The van der Waals surface area contributed by atoms with Crippen LogP contribution in [0.5, 0.6) is 0 Å². The lowest BCUT2D eigenvalue weighted by atomic mass is 10.3. The molecular weight excluding hydrogens is 382 g/mol. The Balaban J connectivity index is 1.67. The molecule has 150 valence electrons. The molecule has 0 atom stereocenters. The Bertz CT molecular complexity index is 1050. The van der Waals surface area contributed by atoms with Crippen molar-refractivity contribution in [3.63, 3.8) is 0 Å². The van der Waals surface area contributed by atoms with Gasteiger partial charge in [-0.15, -0.1) is 0 Å². The number of carbonyl (C=O) groups is 2. The van der Waals surface area contributed by atoms with Crippen LogP contribution in [0.1, 0.15) is 28.9 Å². The lowest BCUT2D eigenvalue weighted by Crippen LogP contribution is -2.24. The standard InChI is InChI=1S/C18H17N5O6/c1-2-22-11-14(17(21-22)18(25)19-10-13-4-3-9-28-13)20-15(24)7-5-12-6-8-16(29-12)23(26)27/h3-9,11H,2,10H2,1H3,(H,19,25)(H,20,24)/b7-5+. The van der Waals surface area contributed by atoms with Crippen LogP contribution in [0.3, 0.4) is 0 Å². The molecule has 0 aliphatic heterocycles. The van der Waals surface area contributed by atoms with Crippen LogP contribution in [0, 0.1) is 10.1 Å². The number of anilines is 1. The van der Waals surface area contributed by atoms with E-state index in [1.54, 1.807) is 12.1 Å². The van der Waals surface area contributed by atoms with Crippen molar-refractivity contribution in [3.05, 3.63) is 70.1 Å². The highest BCUT2D eigenvalue weighted by Crippen LogP contribution is 2.17. The Labute approximate surface area is 164 Å². The van der Waals surface area contributed by atoms with Crippen molar-refractivity contribution in [1.82, 2.24) is 15.1 Å². The molecule has 0 saturated carbocycles. The maximum Gasteiger partial charge on any atom is 0.433 e. The topological polar surface area (TPSA) is 145 Å². The zero-order valence-corrected chi connectivity index (χ0v) is 15.3. The average Bonchev–Trinajstić information content (AvgIpc) is 3.44. The smallest absolute Gasteiger partial charge is 0.433 e. The second-order valence-electron chi connectivity index (χ2n) is 5.76. The van der Waals surface area contributed by atoms with Gasteiger partial charge in [-0.25, -0.2) is 0 Å². The van der Waals surface area contributed by atoms with Crippen molar-refractivity contribution in [2.24, 2.45) is 0 Å². The van der Waals surface area contributed by atoms with Gasteiger partial charge in [0.15, 0.2) is 5.69 Å². The fraction of sp³-hybridized carbons (Fsp3) is 0.167. The minimum atomic E-state index is -0.676. The number of furan rings is 2. The Morgan fingerprint density at radius 1 is 1.34 bits per heavy atom. The van der Waals surface area contributed by atoms with E-state index >= 15 is 0 Å². The fourth-order valence-electron chi connectivity index (χ4n) is 2.37. The van der Waals surface area contributed by atoms with E-state index in [2.05, 4.69) is 15.7 Å². The molecule has 0 spiro atoms. The Morgan fingerprint density at radius 2 is 2.17 bits per heavy atom. The van der Waals surface area contributed by atoms with Crippen LogP contribution in [-0.4, -0.2) is 26.5 Å². The van der Waals surface area contributed by atoms with Crippen molar-refractivity contribution < 1.29 is 23.3 Å². The summed E-state index contributed by atoms with van der Waals surface area (Å²) in [5.74, 6) is -0.735. The Morgan fingerprint density at radius 3 is 2.83 bits per heavy atom. The summed E-state index contributed by atoms with van der Waals surface area (Å²) in [6, 6.07) is 5.98. The van der Waals surface area contributed by atoms with Crippen LogP contribution < -0.4 is 10.6 Å². The van der Waals surface area contributed by atoms with Crippen molar-refractivity contribution in [2.75, 3.05) is 5.32 Å². The zero-order valence-electron chi connectivity index (χ0n) is 15.3. The first-order valence-corrected chi connectivity index (χ1v) is 8.57. The first-order valence-electron chi connectivity index (χ1n) is 8.57. The van der Waals surface area contributed by atoms with Gasteiger partial charge in [-0.05, 0) is 31.2 Å². The van der Waals surface area contributed by atoms with Crippen LogP contribution in [0.25, 0.3) is 6.08 Å². The number of nitrogens with one attached hydrogen (secondary N) is 2. The molecule has 11 nitrogen and oxygen atoms in total. The van der Waals surface area contributed by atoms with Crippen molar-refractivity contribution in [1.29, 1.82) is 0 Å². The van der Waals surface area contributed by atoms with Gasteiger partial charge in [-0.3, -0.25) is 24.4 Å². The molecule has 3 rings (SSSR count). The SMILES string of the molecule is CCn1cc(NC(=O)/C=C/c2ccc([N+](=O)[O-])o2)c(C(=O)NCc2ccco2)n1. The number of carbonyl (C=O) groups excluding carboxylic acids is 2. The summed E-state index contributed by atoms with van der Waals surface area (Å²) in [5.41, 5.74) is 0.276. The monoisotopic (exact) mass is 399 g/mol. The summed E-state index contributed by atoms with van der Waals surface area (Å²) in [4.78, 5) is 34.6. The summed E-state index contributed by atoms with van der Waals surface area (Å²) >= 11 is 0. The van der Waals surface area contributed by atoms with Gasteiger partial charge in [0.1, 0.15) is 16.4 Å². The first-order chi connectivity index (χ1) is 14.0. The van der Waals surface area contributed by atoms with E-state index in [0.717, 1.165) is 6.08 Å². The lowest BCUT2D eigenvalue weighted by molar-refractivity contribution is -0.402. The highest BCUT2D eigenvalue weighted by atomic mass is 16.6. The molecule has 0 aromatic carbocycles. The third-order valence-corrected chi connectivity index (χ3v) is 3.75. The highest BCUT2D eigenvalue weighted by molar-refractivity contribution is 6.06. The van der Waals surface area contributed by atoms with E-state index in [1.807, 2.05) is 6.92 Å². The van der Waals surface area contributed by atoms with E-state index in [0.29, 0.717) is 12.3 Å². The van der Waals surface area contributed by atoms with Crippen molar-refractivity contribution in [3.8, 4) is 0 Å². The normalized spacial score (nSPS) is 10.9. The second-order valence-corrected chi connectivity index (χ2v) is 5.76. The molecule has 0 fully saturated rings. The number of hydrogen-bond donors (Lipinski definition) is 2. The zero-order chi connectivity index (χ0) is 20.8. The van der Waals surface area contributed by atoms with Gasteiger partial charge in [0.05, 0.1) is 24.6 Å². The van der Waals surface area contributed by atoms with Crippen LogP contribution in [0.2, 0.25) is 0 Å². The molecule has 0 saturated heterocycles. The van der Waals surface area contributed by atoms with E-state index in [4.69, 9.17) is 8.83 Å². The fourth-order valence-corrected chi connectivity index (χ4v) is 2.37. The average molecular weight is 399 g/mol. The predicted octanol–water partition coefficient (Wildman–Crippen LogP) is 2.58. The van der Waals surface area contributed by atoms with E-state index in [-0.39, 0.29) is 23.7 Å². The van der Waals surface area contributed by atoms with Crippen LogP contribution in [0.4, 0.5) is 11.6 Å². The number of rotatable bonds is 8. The molecule has 0 aliphatic rings. The van der Waals surface area contributed by atoms with Crippen molar-refractivity contribution in [2.45, 2.75) is 20.0 Å². The van der Waals surface area contributed by atoms with Gasteiger partial charge in [-0.1, -0.05) is 0 Å². The minimum absolute atomic E-state index is 0.0498. The van der Waals surface area contributed by atoms with E-state index < -0.39 is 22.6 Å². The van der Waals surface area contributed by atoms with E-state index in [1.165, 1.54) is 35.4 Å². The lowest BCUT2D eigenvalue weighted by Gasteiger charge is -2.04. The summed E-state index contributed by atoms with van der Waals surface area (Å²) in [7, 11) is 0. The molecule has 3 aromatic rings. The number of aromatic nitrogens is 2. The minimum Gasteiger partial charge on any atom is -0.467 e. The summed E-state index contributed by atoms with van der Waals surface area (Å²) in [5, 5.41) is 20.0. The summed E-state index contributed by atoms with van der Waals surface area (Å²) in [6.45, 7) is 2.52. The second kappa shape index (κ2) is 8.69. The van der Waals surface area contributed by atoms with Gasteiger partial charge in [0.25, 0.3) is 5.91 Å². The van der Waals surface area contributed by atoms with Gasteiger partial charge in [0.2, 0.25) is 5.91 Å². The highest BCUT2D eigenvalue weighted by Gasteiger charge is 2.18. The Kier molecular flexibility index (Phi) is 5.88. The molecule has 0 unspecified atom stereocenters. The van der Waals surface area contributed by atoms with Crippen LogP contribution >= 0.6 is 0 Å². The number of hydrogen-bond acceptors (Lipinski definition) is 7. The number of nitro groups is 1. The van der Waals surface area contributed by atoms with Crippen molar-refractivity contribution >= 4 is 29.5 Å². The molecule has 0 bridgehead atoms. The number of nitrogens with zero attached hydrogens (tertiary/aromatic N) is 3. The molecule has 3 aromatic heterocycles. The van der Waals surface area contributed by atoms with Gasteiger partial charge in [0, 0.05) is 18.8 Å². The van der Waals surface area contributed by atoms with Crippen LogP contribution in [-0.2, 0) is 17.9 Å². The maximum absolute atomic E-state index is 12.4. The summed E-state index contributed by atoms with van der Waals surface area (Å²) in [6.07, 6.45) is 5.45. The molecule has 0 aliphatic carbocycles. The Hall–Kier alpha value is -4.15. The van der Waals surface area contributed by atoms with E-state index in [9.17, 15) is 19.7 Å². The van der Waals surface area contributed by atoms with Gasteiger partial charge in [-0.2, -0.15) is 5.10 Å². The first kappa shape index (κ1) is 19.6. The molecule has 3 heterocycles. The third-order valence-electron chi connectivity index (χ3n) is 3.75. The molecular formula is C18H17N5O6. The largest absolute Gasteiger partial charge is 0.467 e. The van der Waals surface area contributed by atoms with Crippen LogP contribution in [0.15, 0.2) is 51.6 Å².